The Bertz CT molecular complexity index is 1280. The van der Waals surface area contributed by atoms with Gasteiger partial charge in [-0.1, -0.05) is 48.0 Å². The molecule has 1 aromatic heterocycles. The molecule has 3 amide bonds. The molecular formula is C30H32ClN5O3. The lowest BCUT2D eigenvalue weighted by Gasteiger charge is -2.41. The molecule has 1 fully saturated rings. The van der Waals surface area contributed by atoms with Gasteiger partial charge >= 0.3 is 0 Å². The molecule has 8 nitrogen and oxygen atoms in total. The Hall–Kier alpha value is -4.17. The van der Waals surface area contributed by atoms with Crippen LogP contribution in [0.5, 0.6) is 0 Å². The third-order valence-corrected chi connectivity index (χ3v) is 6.80. The summed E-state index contributed by atoms with van der Waals surface area (Å²) in [4.78, 5) is 47.1. The van der Waals surface area contributed by atoms with Crippen molar-refractivity contribution in [3.05, 3.63) is 101 Å². The van der Waals surface area contributed by atoms with E-state index in [4.69, 9.17) is 11.6 Å². The molecule has 2 atom stereocenters. The van der Waals surface area contributed by atoms with Crippen LogP contribution in [0.1, 0.15) is 18.2 Å². The molecule has 0 aliphatic carbocycles. The molecule has 0 bridgehead atoms. The molecule has 0 unspecified atom stereocenters. The number of hydrogen-bond acceptors (Lipinski definition) is 5. The third kappa shape index (κ3) is 8.15. The van der Waals surface area contributed by atoms with Crippen molar-refractivity contribution < 1.29 is 14.4 Å². The number of para-hydroxylation sites is 1. The number of carbonyl (C=O) groups is 3. The van der Waals surface area contributed by atoms with Gasteiger partial charge in [-0.05, 0) is 55.0 Å². The zero-order valence-electron chi connectivity index (χ0n) is 21.8. The van der Waals surface area contributed by atoms with Crippen molar-refractivity contribution in [2.75, 3.05) is 31.1 Å². The number of nitrogens with zero attached hydrogens (tertiary/aromatic N) is 3. The van der Waals surface area contributed by atoms with Gasteiger partial charge in [-0.2, -0.15) is 0 Å². The molecule has 2 heterocycles. The number of nitrogens with one attached hydrogen (secondary N) is 2. The molecule has 9 heteroatoms. The molecule has 2 aromatic carbocycles. The van der Waals surface area contributed by atoms with Crippen molar-refractivity contribution in [2.45, 2.75) is 25.4 Å². The number of rotatable bonds is 9. The highest BCUT2D eigenvalue weighted by molar-refractivity contribution is 6.30. The topological polar surface area (TPSA) is 94.6 Å². The standard InChI is InChI=1S/C30H32ClN5O3/c1-22-21-35(26-8-3-2-4-9-26)17-18-36(22)29(38)20-33-30(39)27(19-25-7-5-6-16-32-25)34-28(37)15-12-23-10-13-24(31)14-11-23/h2-16,22,27H,17-21H2,1H3,(H,33,39)(H,34,37)/t22-,27-/m0/s1. The van der Waals surface area contributed by atoms with Crippen LogP contribution in [0.15, 0.2) is 85.1 Å². The van der Waals surface area contributed by atoms with E-state index in [1.54, 1.807) is 53.6 Å². The molecule has 39 heavy (non-hydrogen) atoms. The van der Waals surface area contributed by atoms with Gasteiger partial charge in [0.05, 0.1) is 6.54 Å². The monoisotopic (exact) mass is 545 g/mol. The Balaban J connectivity index is 1.34. The number of halogens is 1. The maximum Gasteiger partial charge on any atom is 0.244 e. The lowest BCUT2D eigenvalue weighted by atomic mass is 10.1. The van der Waals surface area contributed by atoms with Crippen LogP contribution in [0.2, 0.25) is 5.02 Å². The first kappa shape index (κ1) is 27.9. The summed E-state index contributed by atoms with van der Waals surface area (Å²) >= 11 is 5.91. The summed E-state index contributed by atoms with van der Waals surface area (Å²) in [5.41, 5.74) is 2.58. The van der Waals surface area contributed by atoms with Crippen molar-refractivity contribution in [1.29, 1.82) is 0 Å². The fourth-order valence-electron chi connectivity index (χ4n) is 4.49. The van der Waals surface area contributed by atoms with Gasteiger partial charge in [-0.3, -0.25) is 19.4 Å². The lowest BCUT2D eigenvalue weighted by Crippen LogP contribution is -2.57. The highest BCUT2D eigenvalue weighted by Gasteiger charge is 2.28. The second kappa shape index (κ2) is 13.6. The first-order valence-corrected chi connectivity index (χ1v) is 13.3. The second-order valence-electron chi connectivity index (χ2n) is 9.41. The fourth-order valence-corrected chi connectivity index (χ4v) is 4.62. The molecule has 2 N–H and O–H groups in total. The average molecular weight is 546 g/mol. The Morgan fingerprint density at radius 1 is 1.03 bits per heavy atom. The molecule has 202 valence electrons. The van der Waals surface area contributed by atoms with Crippen molar-refractivity contribution in [3.63, 3.8) is 0 Å². The minimum Gasteiger partial charge on any atom is -0.368 e. The number of hydrogen-bond donors (Lipinski definition) is 2. The van der Waals surface area contributed by atoms with E-state index in [0.717, 1.165) is 11.3 Å². The normalized spacial score (nSPS) is 16.1. The summed E-state index contributed by atoms with van der Waals surface area (Å²) in [7, 11) is 0. The number of benzene rings is 2. The van der Waals surface area contributed by atoms with Crippen LogP contribution in [-0.4, -0.2) is 65.9 Å². The molecular weight excluding hydrogens is 514 g/mol. The summed E-state index contributed by atoms with van der Waals surface area (Å²) in [5.74, 6) is -1.04. The van der Waals surface area contributed by atoms with Crippen molar-refractivity contribution in [2.24, 2.45) is 0 Å². The zero-order valence-corrected chi connectivity index (χ0v) is 22.6. The number of pyridine rings is 1. The first-order valence-electron chi connectivity index (χ1n) is 12.9. The molecule has 1 aliphatic heterocycles. The predicted molar refractivity (Wildman–Crippen MR) is 153 cm³/mol. The number of piperazine rings is 1. The van der Waals surface area contributed by atoms with Gasteiger partial charge < -0.3 is 20.4 Å². The van der Waals surface area contributed by atoms with Crippen LogP contribution in [-0.2, 0) is 20.8 Å². The Kier molecular flexibility index (Phi) is 9.69. The average Bonchev–Trinajstić information content (AvgIpc) is 2.96. The first-order chi connectivity index (χ1) is 18.9. The maximum atomic E-state index is 13.1. The van der Waals surface area contributed by atoms with E-state index >= 15 is 0 Å². The van der Waals surface area contributed by atoms with Crippen molar-refractivity contribution >= 4 is 41.1 Å². The van der Waals surface area contributed by atoms with Gasteiger partial charge in [0.15, 0.2) is 0 Å². The van der Waals surface area contributed by atoms with E-state index in [1.165, 1.54) is 6.08 Å². The second-order valence-corrected chi connectivity index (χ2v) is 9.84. The molecule has 0 radical (unpaired) electrons. The van der Waals surface area contributed by atoms with E-state index < -0.39 is 17.9 Å². The van der Waals surface area contributed by atoms with Gasteiger partial charge in [0, 0.05) is 60.8 Å². The van der Waals surface area contributed by atoms with E-state index in [-0.39, 0.29) is 24.9 Å². The van der Waals surface area contributed by atoms with Crippen LogP contribution in [0, 0.1) is 0 Å². The fraction of sp³-hybridized carbons (Fsp3) is 0.267. The van der Waals surface area contributed by atoms with Gasteiger partial charge in [-0.25, -0.2) is 0 Å². The zero-order chi connectivity index (χ0) is 27.6. The van der Waals surface area contributed by atoms with E-state index in [1.807, 2.05) is 31.2 Å². The highest BCUT2D eigenvalue weighted by Crippen LogP contribution is 2.18. The van der Waals surface area contributed by atoms with E-state index in [9.17, 15) is 14.4 Å². The SMILES string of the molecule is C[C@H]1CN(c2ccccc2)CCN1C(=O)CNC(=O)[C@H](Cc1ccccn1)NC(=O)C=Cc1ccc(Cl)cc1. The van der Waals surface area contributed by atoms with Crippen LogP contribution >= 0.6 is 11.6 Å². The number of amides is 3. The van der Waals surface area contributed by atoms with Crippen LogP contribution in [0.25, 0.3) is 6.08 Å². The molecule has 4 rings (SSSR count). The summed E-state index contributed by atoms with van der Waals surface area (Å²) in [6.07, 6.45) is 4.82. The van der Waals surface area contributed by atoms with Crippen LogP contribution in [0.3, 0.4) is 0 Å². The summed E-state index contributed by atoms with van der Waals surface area (Å²) in [6, 6.07) is 21.6. The third-order valence-electron chi connectivity index (χ3n) is 6.55. The summed E-state index contributed by atoms with van der Waals surface area (Å²) < 4.78 is 0. The minimum absolute atomic E-state index is 0.00891. The quantitative estimate of drug-likeness (QED) is 0.402. The molecule has 0 saturated carbocycles. The Labute approximate surface area is 233 Å². The summed E-state index contributed by atoms with van der Waals surface area (Å²) in [6.45, 7) is 3.85. The van der Waals surface area contributed by atoms with Crippen LogP contribution < -0.4 is 15.5 Å². The lowest BCUT2D eigenvalue weighted by molar-refractivity contribution is -0.135. The predicted octanol–water partition coefficient (Wildman–Crippen LogP) is 3.33. The molecule has 0 spiro atoms. The van der Waals surface area contributed by atoms with Gasteiger partial charge in [0.25, 0.3) is 0 Å². The Morgan fingerprint density at radius 3 is 2.46 bits per heavy atom. The largest absolute Gasteiger partial charge is 0.368 e. The van der Waals surface area contributed by atoms with Gasteiger partial charge in [-0.15, -0.1) is 0 Å². The number of anilines is 1. The molecule has 1 saturated heterocycles. The Morgan fingerprint density at radius 2 is 1.77 bits per heavy atom. The molecule has 1 aliphatic rings. The molecule has 3 aromatic rings. The van der Waals surface area contributed by atoms with E-state index in [2.05, 4.69) is 32.7 Å². The van der Waals surface area contributed by atoms with E-state index in [0.29, 0.717) is 30.4 Å². The maximum absolute atomic E-state index is 13.1. The van der Waals surface area contributed by atoms with Crippen molar-refractivity contribution in [1.82, 2.24) is 20.5 Å². The van der Waals surface area contributed by atoms with Gasteiger partial charge in [0.1, 0.15) is 6.04 Å². The minimum atomic E-state index is -0.901. The summed E-state index contributed by atoms with van der Waals surface area (Å²) in [5, 5.41) is 6.07. The van der Waals surface area contributed by atoms with Crippen molar-refractivity contribution in [3.8, 4) is 0 Å². The number of aromatic nitrogens is 1. The van der Waals surface area contributed by atoms with Gasteiger partial charge in [0.2, 0.25) is 17.7 Å². The highest BCUT2D eigenvalue weighted by atomic mass is 35.5. The smallest absolute Gasteiger partial charge is 0.244 e. The van der Waals surface area contributed by atoms with Crippen LogP contribution in [0.4, 0.5) is 5.69 Å². The number of carbonyl (C=O) groups excluding carboxylic acids is 3.